The molecule has 92 valence electrons. The Labute approximate surface area is 101 Å². The third-order valence-electron chi connectivity index (χ3n) is 5.70. The van der Waals surface area contributed by atoms with E-state index in [-0.39, 0.29) is 0 Å². The Kier molecular flexibility index (Phi) is 2.25. The zero-order valence-electron chi connectivity index (χ0n) is 11.3. The van der Waals surface area contributed by atoms with Gasteiger partial charge in [0.25, 0.3) is 0 Å². The molecule has 4 aliphatic rings. The van der Waals surface area contributed by atoms with E-state index in [1.807, 2.05) is 13.8 Å². The Bertz CT molecular complexity index is 262. The van der Waals surface area contributed by atoms with Crippen LogP contribution >= 0.6 is 0 Å². The van der Waals surface area contributed by atoms with Crippen LogP contribution < -0.4 is 0 Å². The Morgan fingerprint density at radius 2 is 1.31 bits per heavy atom. The predicted octanol–water partition coefficient (Wildman–Crippen LogP) is 3.83. The van der Waals surface area contributed by atoms with Crippen molar-refractivity contribution in [2.45, 2.75) is 71.3 Å². The lowest BCUT2D eigenvalue weighted by atomic mass is 9.83. The Hall–Kier alpha value is -0.0400. The zero-order valence-corrected chi connectivity index (χ0v) is 11.3. The molecule has 2 saturated carbocycles. The predicted molar refractivity (Wildman–Crippen MR) is 68.5 cm³/mol. The Morgan fingerprint density at radius 3 is 1.56 bits per heavy atom. The van der Waals surface area contributed by atoms with Crippen LogP contribution in [-0.2, 0) is 0 Å². The van der Waals surface area contributed by atoms with E-state index in [4.69, 9.17) is 0 Å². The van der Waals surface area contributed by atoms with Gasteiger partial charge in [-0.3, -0.25) is 4.90 Å². The van der Waals surface area contributed by atoms with Crippen LogP contribution in [0, 0.1) is 10.8 Å². The largest absolute Gasteiger partial charge is 0.297 e. The molecule has 2 aliphatic carbocycles. The van der Waals surface area contributed by atoms with E-state index >= 15 is 0 Å². The van der Waals surface area contributed by atoms with Gasteiger partial charge in [-0.2, -0.15) is 0 Å². The van der Waals surface area contributed by atoms with E-state index in [0.29, 0.717) is 5.54 Å². The highest BCUT2D eigenvalue weighted by Crippen LogP contribution is 2.68. The van der Waals surface area contributed by atoms with Crippen molar-refractivity contribution in [1.29, 1.82) is 0 Å². The SMILES string of the molecule is CC.CCC12CC3(CC3)CN1CC1(CC1)C2. The molecule has 0 unspecified atom stereocenters. The third-order valence-corrected chi connectivity index (χ3v) is 5.70. The lowest BCUT2D eigenvalue weighted by Gasteiger charge is -2.30. The highest BCUT2D eigenvalue weighted by Gasteiger charge is 2.66. The maximum atomic E-state index is 2.90. The highest BCUT2D eigenvalue weighted by atomic mass is 15.3. The molecule has 0 aromatic rings. The normalized spacial score (nSPS) is 34.7. The van der Waals surface area contributed by atoms with Gasteiger partial charge in [-0.05, 0) is 55.8 Å². The standard InChI is InChI=1S/C13H21N.C2H6/c1-2-13-7-11(3-4-11)9-14(13)10-12(8-13)5-6-12;1-2/h2-10H2,1H3;1-2H3. The second-order valence-electron chi connectivity index (χ2n) is 6.79. The summed E-state index contributed by atoms with van der Waals surface area (Å²) in [6, 6.07) is 0. The molecule has 0 radical (unpaired) electrons. The van der Waals surface area contributed by atoms with Gasteiger partial charge < -0.3 is 0 Å². The van der Waals surface area contributed by atoms with Crippen molar-refractivity contribution in [1.82, 2.24) is 4.90 Å². The second kappa shape index (κ2) is 3.25. The van der Waals surface area contributed by atoms with Gasteiger partial charge in [0.2, 0.25) is 0 Å². The summed E-state index contributed by atoms with van der Waals surface area (Å²) in [7, 11) is 0. The maximum Gasteiger partial charge on any atom is 0.0219 e. The molecule has 0 bridgehead atoms. The average molecular weight is 221 g/mol. The molecule has 0 atom stereocenters. The lowest BCUT2D eigenvalue weighted by Crippen LogP contribution is -2.37. The van der Waals surface area contributed by atoms with Crippen LogP contribution in [-0.4, -0.2) is 23.5 Å². The molecular weight excluding hydrogens is 194 g/mol. The minimum absolute atomic E-state index is 0.674. The van der Waals surface area contributed by atoms with Crippen molar-refractivity contribution < 1.29 is 0 Å². The van der Waals surface area contributed by atoms with Crippen molar-refractivity contribution in [3.63, 3.8) is 0 Å². The minimum atomic E-state index is 0.674. The molecule has 1 heteroatoms. The fourth-order valence-electron chi connectivity index (χ4n) is 4.49. The van der Waals surface area contributed by atoms with E-state index in [9.17, 15) is 0 Å². The van der Waals surface area contributed by atoms with E-state index in [2.05, 4.69) is 11.8 Å². The van der Waals surface area contributed by atoms with Crippen LogP contribution in [0.3, 0.4) is 0 Å². The summed E-state index contributed by atoms with van der Waals surface area (Å²) in [5.74, 6) is 0. The first-order valence-corrected chi connectivity index (χ1v) is 7.45. The van der Waals surface area contributed by atoms with E-state index in [1.165, 1.54) is 45.2 Å². The molecule has 4 rings (SSSR count). The first-order valence-electron chi connectivity index (χ1n) is 7.45. The van der Waals surface area contributed by atoms with Crippen LogP contribution in [0.5, 0.6) is 0 Å². The molecule has 2 heterocycles. The number of hydrogen-bond donors (Lipinski definition) is 0. The van der Waals surface area contributed by atoms with Gasteiger partial charge >= 0.3 is 0 Å². The molecule has 0 aromatic carbocycles. The summed E-state index contributed by atoms with van der Waals surface area (Å²) in [6.45, 7) is 9.35. The van der Waals surface area contributed by atoms with E-state index in [1.54, 1.807) is 12.8 Å². The molecule has 4 fully saturated rings. The second-order valence-corrected chi connectivity index (χ2v) is 6.79. The van der Waals surface area contributed by atoms with Crippen LogP contribution in [0.2, 0.25) is 0 Å². The summed E-state index contributed by atoms with van der Waals surface area (Å²) in [4.78, 5) is 2.90. The van der Waals surface area contributed by atoms with Gasteiger partial charge in [-0.1, -0.05) is 20.8 Å². The summed E-state index contributed by atoms with van der Waals surface area (Å²) in [5, 5.41) is 0. The van der Waals surface area contributed by atoms with Crippen molar-refractivity contribution >= 4 is 0 Å². The summed E-state index contributed by atoms with van der Waals surface area (Å²) < 4.78 is 0. The van der Waals surface area contributed by atoms with Gasteiger partial charge in [0.1, 0.15) is 0 Å². The van der Waals surface area contributed by atoms with Crippen LogP contribution in [0.25, 0.3) is 0 Å². The van der Waals surface area contributed by atoms with Crippen LogP contribution in [0.1, 0.15) is 65.7 Å². The van der Waals surface area contributed by atoms with Crippen molar-refractivity contribution in [2.75, 3.05) is 13.1 Å². The summed E-state index contributed by atoms with van der Waals surface area (Å²) in [5.41, 5.74) is 2.33. The number of hydrogen-bond acceptors (Lipinski definition) is 1. The molecule has 1 nitrogen and oxygen atoms in total. The van der Waals surface area contributed by atoms with Gasteiger partial charge in [0, 0.05) is 18.6 Å². The highest BCUT2D eigenvalue weighted by molar-refractivity contribution is 5.20. The van der Waals surface area contributed by atoms with Crippen LogP contribution in [0.4, 0.5) is 0 Å². The van der Waals surface area contributed by atoms with E-state index < -0.39 is 0 Å². The van der Waals surface area contributed by atoms with Crippen LogP contribution in [0.15, 0.2) is 0 Å². The Morgan fingerprint density at radius 1 is 0.875 bits per heavy atom. The quantitative estimate of drug-likeness (QED) is 0.650. The van der Waals surface area contributed by atoms with Gasteiger partial charge in [0.15, 0.2) is 0 Å². The topological polar surface area (TPSA) is 3.24 Å². The molecule has 2 aliphatic heterocycles. The third kappa shape index (κ3) is 1.40. The van der Waals surface area contributed by atoms with Gasteiger partial charge in [-0.15, -0.1) is 0 Å². The molecule has 2 saturated heterocycles. The number of fused-ring (bicyclic) bond motifs is 1. The van der Waals surface area contributed by atoms with Gasteiger partial charge in [0.05, 0.1) is 0 Å². The lowest BCUT2D eigenvalue weighted by molar-refractivity contribution is 0.189. The first-order chi connectivity index (χ1) is 7.70. The smallest absolute Gasteiger partial charge is 0.0219 e. The summed E-state index contributed by atoms with van der Waals surface area (Å²) >= 11 is 0. The fourth-order valence-corrected chi connectivity index (χ4v) is 4.49. The first kappa shape index (κ1) is 11.1. The summed E-state index contributed by atoms with van der Waals surface area (Å²) in [6.07, 6.45) is 10.7. The molecule has 0 N–H and O–H groups in total. The van der Waals surface area contributed by atoms with Crippen molar-refractivity contribution in [3.05, 3.63) is 0 Å². The number of nitrogens with zero attached hydrogens (tertiary/aromatic N) is 1. The van der Waals surface area contributed by atoms with Crippen molar-refractivity contribution in [3.8, 4) is 0 Å². The average Bonchev–Trinajstić information content (AvgIpc) is 3.14. The van der Waals surface area contributed by atoms with E-state index in [0.717, 1.165) is 10.8 Å². The zero-order chi connectivity index (χ0) is 11.4. The molecule has 0 amide bonds. The van der Waals surface area contributed by atoms with Crippen molar-refractivity contribution in [2.24, 2.45) is 10.8 Å². The fraction of sp³-hybridized carbons (Fsp3) is 1.00. The number of rotatable bonds is 1. The molecule has 2 spiro atoms. The molecule has 0 aromatic heterocycles. The maximum absolute atomic E-state index is 2.90. The molecule has 16 heavy (non-hydrogen) atoms. The Balaban J connectivity index is 0.000000386. The molecular formula is C15H27N. The monoisotopic (exact) mass is 221 g/mol. The van der Waals surface area contributed by atoms with Gasteiger partial charge in [-0.25, -0.2) is 0 Å². The minimum Gasteiger partial charge on any atom is -0.297 e.